The lowest BCUT2D eigenvalue weighted by atomic mass is 9.90. The van der Waals surface area contributed by atoms with Gasteiger partial charge in [0.25, 0.3) is 5.91 Å². The summed E-state index contributed by atoms with van der Waals surface area (Å²) in [5.74, 6) is -1.14. The fraction of sp³-hybridized carbons (Fsp3) is 0.375. The highest BCUT2D eigenvalue weighted by Gasteiger charge is 2.44. The first-order chi connectivity index (χ1) is 21.5. The van der Waals surface area contributed by atoms with Crippen LogP contribution in [0.15, 0.2) is 66.7 Å². The molecule has 6 atom stereocenters. The lowest BCUT2D eigenvalue weighted by molar-refractivity contribution is -0.231. The van der Waals surface area contributed by atoms with Gasteiger partial charge in [-0.2, -0.15) is 0 Å². The average Bonchev–Trinajstić information content (AvgIpc) is 3.02. The summed E-state index contributed by atoms with van der Waals surface area (Å²) in [4.78, 5) is 23.5. The molecule has 0 radical (unpaired) electrons. The lowest BCUT2D eigenvalue weighted by Crippen LogP contribution is -2.55. The number of halogens is 1. The fourth-order valence-electron chi connectivity index (χ4n) is 5.00. The van der Waals surface area contributed by atoms with E-state index in [4.69, 9.17) is 26.2 Å². The van der Waals surface area contributed by atoms with Crippen molar-refractivity contribution >= 4 is 23.5 Å². The highest BCUT2D eigenvalue weighted by Crippen LogP contribution is 2.34. The topological polar surface area (TPSA) is 206 Å². The van der Waals surface area contributed by atoms with E-state index in [9.17, 15) is 40.2 Å². The standard InChI is InChI=1S/C32H36ClNO11/c33-23-9-6-19(30-29(40)28(39)27(38)25(15-35)45-30)14-21(23)12-17-4-7-22(8-5-17)44-16-18-2-1-3-20(13-18)31(41)34-24(32(42)43)10-11-26(36)37/h1-9,13-14,24-25,27-30,32,35,38-40,42-43H,10-12,15-16H2,(H,34,41)(H,36,37)/t24-,25+,27+,28-,29+,30-/m0/s1. The number of carbonyl (C=O) groups is 2. The fourth-order valence-corrected chi connectivity index (χ4v) is 5.19. The van der Waals surface area contributed by atoms with Crippen molar-refractivity contribution in [1.29, 1.82) is 0 Å². The largest absolute Gasteiger partial charge is 0.489 e. The van der Waals surface area contributed by atoms with Crippen molar-refractivity contribution in [3.05, 3.63) is 99.6 Å². The Bertz CT molecular complexity index is 1450. The predicted octanol–water partition coefficient (Wildman–Crippen LogP) is 1.30. The molecule has 1 heterocycles. The van der Waals surface area contributed by atoms with Crippen LogP contribution in [-0.4, -0.2) is 91.0 Å². The Labute approximate surface area is 264 Å². The van der Waals surface area contributed by atoms with Crippen LogP contribution in [0.2, 0.25) is 5.02 Å². The van der Waals surface area contributed by atoms with E-state index in [-0.39, 0.29) is 25.0 Å². The Morgan fingerprint density at radius 2 is 1.67 bits per heavy atom. The minimum Gasteiger partial charge on any atom is -0.489 e. The zero-order valence-electron chi connectivity index (χ0n) is 24.1. The van der Waals surface area contributed by atoms with Gasteiger partial charge in [-0.1, -0.05) is 48.0 Å². The number of amides is 1. The summed E-state index contributed by atoms with van der Waals surface area (Å²) in [6.45, 7) is -0.387. The van der Waals surface area contributed by atoms with Gasteiger partial charge in [0.2, 0.25) is 0 Å². The second-order valence-electron chi connectivity index (χ2n) is 10.8. The molecule has 0 aliphatic carbocycles. The molecule has 0 bridgehead atoms. The van der Waals surface area contributed by atoms with Crippen LogP contribution in [0.1, 0.15) is 51.6 Å². The maximum atomic E-state index is 12.6. The Morgan fingerprint density at radius 3 is 2.33 bits per heavy atom. The van der Waals surface area contributed by atoms with Gasteiger partial charge in [0.15, 0.2) is 6.29 Å². The molecule has 0 unspecified atom stereocenters. The number of ether oxygens (including phenoxy) is 2. The van der Waals surface area contributed by atoms with Crippen molar-refractivity contribution in [3.8, 4) is 5.75 Å². The van der Waals surface area contributed by atoms with Crippen LogP contribution in [0.4, 0.5) is 0 Å². The van der Waals surface area contributed by atoms with Crippen LogP contribution in [0.3, 0.4) is 0 Å². The van der Waals surface area contributed by atoms with Gasteiger partial charge in [0.1, 0.15) is 42.9 Å². The van der Waals surface area contributed by atoms with Crippen LogP contribution >= 0.6 is 11.6 Å². The first-order valence-electron chi connectivity index (χ1n) is 14.2. The first-order valence-corrected chi connectivity index (χ1v) is 14.6. The summed E-state index contributed by atoms with van der Waals surface area (Å²) in [6, 6.07) is 17.7. The molecule has 1 saturated heterocycles. The number of rotatable bonds is 13. The van der Waals surface area contributed by atoms with Crippen LogP contribution in [0.5, 0.6) is 5.75 Å². The molecule has 1 fully saturated rings. The molecular weight excluding hydrogens is 610 g/mol. The van der Waals surface area contributed by atoms with Gasteiger partial charge in [-0.15, -0.1) is 0 Å². The van der Waals surface area contributed by atoms with Gasteiger partial charge in [0, 0.05) is 17.0 Å². The molecule has 3 aromatic rings. The maximum absolute atomic E-state index is 12.6. The lowest BCUT2D eigenvalue weighted by Gasteiger charge is -2.40. The minimum atomic E-state index is -1.91. The van der Waals surface area contributed by atoms with Gasteiger partial charge in [-0.05, 0) is 65.4 Å². The summed E-state index contributed by atoms with van der Waals surface area (Å²) >= 11 is 6.45. The van der Waals surface area contributed by atoms with Crippen molar-refractivity contribution in [2.45, 2.75) is 68.7 Å². The van der Waals surface area contributed by atoms with Crippen LogP contribution in [-0.2, 0) is 22.6 Å². The van der Waals surface area contributed by atoms with Crippen LogP contribution < -0.4 is 10.1 Å². The van der Waals surface area contributed by atoms with E-state index in [2.05, 4.69) is 5.32 Å². The van der Waals surface area contributed by atoms with Crippen molar-refractivity contribution < 1.29 is 54.8 Å². The van der Waals surface area contributed by atoms with Crippen LogP contribution in [0.25, 0.3) is 0 Å². The molecule has 8 N–H and O–H groups in total. The van der Waals surface area contributed by atoms with Crippen molar-refractivity contribution in [1.82, 2.24) is 5.32 Å². The van der Waals surface area contributed by atoms with Gasteiger partial charge in [-0.3, -0.25) is 9.59 Å². The Kier molecular flexibility index (Phi) is 11.9. The van der Waals surface area contributed by atoms with Crippen LogP contribution in [0, 0.1) is 0 Å². The molecule has 0 aromatic heterocycles. The molecular formula is C32H36ClNO11. The first kappa shape index (κ1) is 34.3. The number of benzene rings is 3. The normalized spacial score (nSPS) is 22.2. The van der Waals surface area contributed by atoms with Crippen molar-refractivity contribution in [2.24, 2.45) is 0 Å². The van der Waals surface area contributed by atoms with Gasteiger partial charge >= 0.3 is 5.97 Å². The molecule has 45 heavy (non-hydrogen) atoms. The maximum Gasteiger partial charge on any atom is 0.303 e. The molecule has 3 aromatic carbocycles. The third-order valence-electron chi connectivity index (χ3n) is 7.55. The number of carboxylic acids is 1. The zero-order chi connectivity index (χ0) is 32.7. The molecule has 12 nitrogen and oxygen atoms in total. The number of aliphatic hydroxyl groups excluding tert-OH is 5. The molecule has 4 rings (SSSR count). The molecule has 1 aliphatic heterocycles. The SMILES string of the molecule is O=C(O)CC[C@H](NC(=O)c1cccc(COc2ccc(Cc3cc([C@@H]4O[C@H](CO)[C@@H](O)[C@H](O)[C@H]4O)ccc3Cl)cc2)c1)C(O)O. The highest BCUT2D eigenvalue weighted by molar-refractivity contribution is 6.31. The molecule has 1 amide bonds. The van der Waals surface area contributed by atoms with Gasteiger partial charge in [-0.25, -0.2) is 0 Å². The van der Waals surface area contributed by atoms with E-state index in [1.807, 2.05) is 12.1 Å². The second-order valence-corrected chi connectivity index (χ2v) is 11.2. The van der Waals surface area contributed by atoms with E-state index < -0.39 is 61.3 Å². The highest BCUT2D eigenvalue weighted by atomic mass is 35.5. The number of aliphatic carboxylic acids is 1. The Morgan fingerprint density at radius 1 is 0.933 bits per heavy atom. The number of carbonyl (C=O) groups excluding carboxylic acids is 1. The van der Waals surface area contributed by atoms with E-state index >= 15 is 0 Å². The molecule has 242 valence electrons. The molecule has 13 heteroatoms. The summed E-state index contributed by atoms with van der Waals surface area (Å²) in [5, 5.41) is 71.0. The van der Waals surface area contributed by atoms with E-state index in [1.54, 1.807) is 54.6 Å². The summed E-state index contributed by atoms with van der Waals surface area (Å²) in [5.41, 5.74) is 3.09. The van der Waals surface area contributed by atoms with Crippen molar-refractivity contribution in [2.75, 3.05) is 6.61 Å². The molecule has 0 saturated carbocycles. The third kappa shape index (κ3) is 9.00. The minimum absolute atomic E-state index is 0.137. The Hall–Kier alpha value is -3.59. The second kappa shape index (κ2) is 15.6. The zero-order valence-corrected chi connectivity index (χ0v) is 24.8. The summed E-state index contributed by atoms with van der Waals surface area (Å²) in [6.07, 6.45) is -8.31. The predicted molar refractivity (Wildman–Crippen MR) is 161 cm³/mol. The third-order valence-corrected chi connectivity index (χ3v) is 7.92. The average molecular weight is 646 g/mol. The summed E-state index contributed by atoms with van der Waals surface area (Å²) in [7, 11) is 0. The molecule has 1 aliphatic rings. The van der Waals surface area contributed by atoms with Gasteiger partial charge in [0.05, 0.1) is 12.6 Å². The number of nitrogens with one attached hydrogen (secondary N) is 1. The number of hydrogen-bond donors (Lipinski definition) is 8. The van der Waals surface area contributed by atoms with E-state index in [0.29, 0.717) is 28.3 Å². The number of carboxylic acid groups (broad SMARTS) is 1. The van der Waals surface area contributed by atoms with E-state index in [0.717, 1.165) is 11.1 Å². The summed E-state index contributed by atoms with van der Waals surface area (Å²) < 4.78 is 11.6. The molecule has 0 spiro atoms. The van der Waals surface area contributed by atoms with E-state index in [1.165, 1.54) is 0 Å². The quantitative estimate of drug-likeness (QED) is 0.124. The van der Waals surface area contributed by atoms with Gasteiger partial charge < -0.3 is 50.5 Å². The number of hydrogen-bond acceptors (Lipinski definition) is 10. The number of aliphatic hydroxyl groups is 6. The monoisotopic (exact) mass is 645 g/mol. The Balaban J connectivity index is 1.37. The smallest absolute Gasteiger partial charge is 0.303 e. The van der Waals surface area contributed by atoms with Crippen molar-refractivity contribution in [3.63, 3.8) is 0 Å².